The average molecular weight is 550 g/mol. The Morgan fingerprint density at radius 3 is 2.56 bits per heavy atom. The van der Waals surface area contributed by atoms with Gasteiger partial charge in [0, 0.05) is 22.4 Å². The predicted molar refractivity (Wildman–Crippen MR) is 145 cm³/mol. The number of anilines is 1. The molecule has 12 heteroatoms. The van der Waals surface area contributed by atoms with Crippen LogP contribution in [0.2, 0.25) is 0 Å². The molecule has 0 saturated carbocycles. The van der Waals surface area contributed by atoms with Crippen molar-refractivity contribution in [2.45, 2.75) is 72.2 Å². The van der Waals surface area contributed by atoms with Crippen LogP contribution < -0.4 is 11.1 Å². The molecule has 36 heavy (non-hydrogen) atoms. The summed E-state index contributed by atoms with van der Waals surface area (Å²) in [6, 6.07) is 0. The first kappa shape index (κ1) is 27.9. The van der Waals surface area contributed by atoms with Crippen molar-refractivity contribution in [1.29, 1.82) is 0 Å². The number of hydrogen-bond donors (Lipinski definition) is 2. The molecule has 0 radical (unpaired) electrons. The SMILES string of the molecule is CCCn1c(SCC(=O)Nc2sc(C(N)=O)c(C)c2C(=O)OC(C)C)nnc1-c1csc(C)c1CC. The monoisotopic (exact) mass is 549 g/mol. The largest absolute Gasteiger partial charge is 0.459 e. The Bertz CT molecular complexity index is 1280. The van der Waals surface area contributed by atoms with Gasteiger partial charge in [0.2, 0.25) is 5.91 Å². The number of thioether (sulfide) groups is 1. The minimum absolute atomic E-state index is 0.0483. The first-order chi connectivity index (χ1) is 17.1. The number of hydrogen-bond acceptors (Lipinski definition) is 9. The molecule has 9 nitrogen and oxygen atoms in total. The molecule has 0 unspecified atom stereocenters. The van der Waals surface area contributed by atoms with E-state index in [-0.39, 0.29) is 33.2 Å². The van der Waals surface area contributed by atoms with Gasteiger partial charge in [-0.3, -0.25) is 9.59 Å². The molecule has 3 aromatic rings. The fourth-order valence-corrected chi connectivity index (χ4v) is 6.54. The van der Waals surface area contributed by atoms with Gasteiger partial charge in [-0.25, -0.2) is 4.79 Å². The van der Waals surface area contributed by atoms with Crippen LogP contribution in [0.3, 0.4) is 0 Å². The van der Waals surface area contributed by atoms with Crippen LogP contribution in [0.15, 0.2) is 10.5 Å². The van der Waals surface area contributed by atoms with Gasteiger partial charge in [0.25, 0.3) is 5.91 Å². The summed E-state index contributed by atoms with van der Waals surface area (Å²) in [7, 11) is 0. The highest BCUT2D eigenvalue weighted by atomic mass is 32.2. The van der Waals surface area contributed by atoms with Crippen LogP contribution in [0, 0.1) is 13.8 Å². The molecule has 3 N–H and O–H groups in total. The second-order valence-electron chi connectivity index (χ2n) is 8.41. The minimum Gasteiger partial charge on any atom is -0.459 e. The lowest BCUT2D eigenvalue weighted by molar-refractivity contribution is -0.113. The van der Waals surface area contributed by atoms with Crippen LogP contribution >= 0.6 is 34.4 Å². The van der Waals surface area contributed by atoms with E-state index in [4.69, 9.17) is 10.5 Å². The van der Waals surface area contributed by atoms with Crippen LogP contribution in [0.1, 0.15) is 70.1 Å². The number of nitrogens with two attached hydrogens (primary N) is 1. The second kappa shape index (κ2) is 12.0. The van der Waals surface area contributed by atoms with E-state index in [1.54, 1.807) is 32.1 Å². The molecule has 0 fully saturated rings. The number of nitrogens with one attached hydrogen (secondary N) is 1. The zero-order chi connectivity index (χ0) is 26.6. The fourth-order valence-electron chi connectivity index (χ4n) is 3.77. The number of primary amides is 1. The summed E-state index contributed by atoms with van der Waals surface area (Å²) in [6.45, 7) is 12.1. The molecule has 0 atom stereocenters. The number of aryl methyl sites for hydroxylation is 1. The fraction of sp³-hybridized carbons (Fsp3) is 0.458. The van der Waals surface area contributed by atoms with Crippen molar-refractivity contribution in [3.63, 3.8) is 0 Å². The lowest BCUT2D eigenvalue weighted by Crippen LogP contribution is -2.18. The summed E-state index contributed by atoms with van der Waals surface area (Å²) in [6.07, 6.45) is 1.44. The molecule has 0 spiro atoms. The van der Waals surface area contributed by atoms with Gasteiger partial charge in [-0.1, -0.05) is 25.6 Å². The molecule has 0 aromatic carbocycles. The van der Waals surface area contributed by atoms with Crippen LogP contribution in [0.5, 0.6) is 0 Å². The van der Waals surface area contributed by atoms with Crippen molar-refractivity contribution in [3.8, 4) is 11.4 Å². The number of nitrogens with zero attached hydrogens (tertiary/aromatic N) is 3. The number of esters is 1. The molecule has 3 heterocycles. The van der Waals surface area contributed by atoms with Crippen LogP contribution in [0.4, 0.5) is 5.00 Å². The van der Waals surface area contributed by atoms with Crippen molar-refractivity contribution < 1.29 is 19.1 Å². The quantitative estimate of drug-likeness (QED) is 0.253. The number of carbonyl (C=O) groups excluding carboxylic acids is 3. The van der Waals surface area contributed by atoms with Crippen molar-refractivity contribution in [2.24, 2.45) is 5.73 Å². The van der Waals surface area contributed by atoms with Crippen molar-refractivity contribution in [3.05, 3.63) is 31.8 Å². The maximum absolute atomic E-state index is 12.9. The van der Waals surface area contributed by atoms with Crippen molar-refractivity contribution in [1.82, 2.24) is 14.8 Å². The lowest BCUT2D eigenvalue weighted by atomic mass is 10.1. The Morgan fingerprint density at radius 2 is 1.94 bits per heavy atom. The van der Waals surface area contributed by atoms with E-state index in [0.717, 1.165) is 42.1 Å². The van der Waals surface area contributed by atoms with Crippen molar-refractivity contribution >= 4 is 57.2 Å². The van der Waals surface area contributed by atoms with E-state index >= 15 is 0 Å². The van der Waals surface area contributed by atoms with E-state index in [1.807, 2.05) is 4.57 Å². The molecule has 0 bridgehead atoms. The van der Waals surface area contributed by atoms with Crippen LogP contribution in [-0.4, -0.2) is 44.4 Å². The Kier molecular flexibility index (Phi) is 9.31. The molecular formula is C24H31N5O4S3. The summed E-state index contributed by atoms with van der Waals surface area (Å²) in [4.78, 5) is 38.8. The maximum atomic E-state index is 12.9. The molecule has 0 saturated heterocycles. The Morgan fingerprint density at radius 1 is 1.22 bits per heavy atom. The van der Waals surface area contributed by atoms with E-state index in [1.165, 1.54) is 22.2 Å². The summed E-state index contributed by atoms with van der Waals surface area (Å²) < 4.78 is 7.35. The van der Waals surface area contributed by atoms with Crippen LogP contribution in [0.25, 0.3) is 11.4 Å². The highest BCUT2D eigenvalue weighted by molar-refractivity contribution is 7.99. The van der Waals surface area contributed by atoms with Gasteiger partial charge in [0.05, 0.1) is 22.3 Å². The molecule has 0 aliphatic carbocycles. The number of ether oxygens (including phenoxy) is 1. The molecular weight excluding hydrogens is 518 g/mol. The van der Waals surface area contributed by atoms with Gasteiger partial charge < -0.3 is 20.4 Å². The Hall–Kier alpha value is -2.70. The van der Waals surface area contributed by atoms with Gasteiger partial charge in [-0.15, -0.1) is 32.9 Å². The molecule has 0 aliphatic rings. The molecule has 194 valence electrons. The number of aromatic nitrogens is 3. The zero-order valence-electron chi connectivity index (χ0n) is 21.3. The minimum atomic E-state index is -0.665. The van der Waals surface area contributed by atoms with Gasteiger partial charge in [0.1, 0.15) is 5.00 Å². The lowest BCUT2D eigenvalue weighted by Gasteiger charge is -2.11. The van der Waals surface area contributed by atoms with E-state index in [9.17, 15) is 14.4 Å². The number of carbonyl (C=O) groups is 3. The summed E-state index contributed by atoms with van der Waals surface area (Å²) in [5.41, 5.74) is 8.36. The van der Waals surface area contributed by atoms with Gasteiger partial charge in [-0.2, -0.15) is 0 Å². The first-order valence-electron chi connectivity index (χ1n) is 11.7. The molecule has 3 aromatic heterocycles. The summed E-state index contributed by atoms with van der Waals surface area (Å²) in [5.74, 6) is -0.767. The van der Waals surface area contributed by atoms with E-state index in [2.05, 4.69) is 41.7 Å². The molecule has 3 rings (SSSR count). The Labute approximate surface area is 222 Å². The predicted octanol–water partition coefficient (Wildman–Crippen LogP) is 5.05. The molecule has 0 aliphatic heterocycles. The third-order valence-electron chi connectivity index (χ3n) is 5.36. The van der Waals surface area contributed by atoms with E-state index < -0.39 is 11.9 Å². The smallest absolute Gasteiger partial charge is 0.341 e. The number of amides is 2. The third-order valence-corrected chi connectivity index (χ3v) is 8.51. The number of thiophene rings is 2. The Balaban J connectivity index is 1.81. The highest BCUT2D eigenvalue weighted by Crippen LogP contribution is 2.35. The highest BCUT2D eigenvalue weighted by Gasteiger charge is 2.27. The summed E-state index contributed by atoms with van der Waals surface area (Å²) >= 11 is 3.94. The standard InChI is InChI=1S/C24H31N5O4S3/c1-7-9-29-21(16-10-34-14(6)15(16)8-2)27-28-24(29)35-11-17(30)26-22-18(23(32)33-12(3)4)13(5)19(36-22)20(25)31/h10,12H,7-9,11H2,1-6H3,(H2,25,31)(H,26,30). The third kappa shape index (κ3) is 5.98. The van der Waals surface area contributed by atoms with E-state index in [0.29, 0.717) is 10.7 Å². The van der Waals surface area contributed by atoms with Gasteiger partial charge >= 0.3 is 5.97 Å². The maximum Gasteiger partial charge on any atom is 0.341 e. The zero-order valence-corrected chi connectivity index (χ0v) is 23.7. The summed E-state index contributed by atoms with van der Waals surface area (Å²) in [5, 5.41) is 14.6. The number of rotatable bonds is 11. The first-order valence-corrected chi connectivity index (χ1v) is 14.3. The van der Waals surface area contributed by atoms with Crippen LogP contribution in [-0.2, 0) is 22.5 Å². The average Bonchev–Trinajstić information content (AvgIpc) is 3.46. The van der Waals surface area contributed by atoms with Gasteiger partial charge in [0.15, 0.2) is 11.0 Å². The van der Waals surface area contributed by atoms with Gasteiger partial charge in [-0.05, 0) is 51.7 Å². The second-order valence-corrected chi connectivity index (χ2v) is 11.5. The van der Waals surface area contributed by atoms with Crippen molar-refractivity contribution in [2.75, 3.05) is 11.1 Å². The topological polar surface area (TPSA) is 129 Å². The molecule has 2 amide bonds. The normalized spacial score (nSPS) is 11.2.